The second-order valence-corrected chi connectivity index (χ2v) is 4.05. The molecule has 1 heterocycles. The van der Waals surface area contributed by atoms with Gasteiger partial charge in [0.1, 0.15) is 5.75 Å². The molecule has 0 unspecified atom stereocenters. The minimum Gasteiger partial charge on any atom is -0.508 e. The molecular formula is C12H18N2O. The molecule has 82 valence electrons. The quantitative estimate of drug-likeness (QED) is 0.767. The van der Waals surface area contributed by atoms with Crippen molar-refractivity contribution in [3.8, 4) is 5.75 Å². The number of nitrogens with one attached hydrogen (secondary N) is 1. The molecule has 2 rings (SSSR count). The largest absolute Gasteiger partial charge is 0.508 e. The van der Waals surface area contributed by atoms with E-state index in [-0.39, 0.29) is 0 Å². The van der Waals surface area contributed by atoms with Gasteiger partial charge in [0.15, 0.2) is 0 Å². The van der Waals surface area contributed by atoms with Crippen LogP contribution in [0.4, 0.5) is 0 Å². The second-order valence-electron chi connectivity index (χ2n) is 4.05. The summed E-state index contributed by atoms with van der Waals surface area (Å²) in [5.41, 5.74) is 1.27. The smallest absolute Gasteiger partial charge is 0.115 e. The van der Waals surface area contributed by atoms with Gasteiger partial charge in [0.25, 0.3) is 0 Å². The van der Waals surface area contributed by atoms with Crippen molar-refractivity contribution < 1.29 is 5.11 Å². The molecule has 1 aliphatic rings. The molecule has 0 radical (unpaired) electrons. The fourth-order valence-electron chi connectivity index (χ4n) is 2.03. The molecule has 1 atom stereocenters. The van der Waals surface area contributed by atoms with Crippen LogP contribution in [0.1, 0.15) is 18.5 Å². The van der Waals surface area contributed by atoms with Crippen LogP contribution >= 0.6 is 0 Å². The number of phenols is 1. The fraction of sp³-hybridized carbons (Fsp3) is 0.500. The summed E-state index contributed by atoms with van der Waals surface area (Å²) in [5, 5.41) is 12.6. The zero-order chi connectivity index (χ0) is 10.7. The van der Waals surface area contributed by atoms with Crippen LogP contribution in [0.2, 0.25) is 0 Å². The first-order chi connectivity index (χ1) is 7.27. The number of nitrogens with zero attached hydrogens (tertiary/aromatic N) is 1. The number of piperazine rings is 1. The second kappa shape index (κ2) is 4.64. The Hall–Kier alpha value is -1.06. The van der Waals surface area contributed by atoms with Crippen LogP contribution in [0.15, 0.2) is 24.3 Å². The molecule has 1 fully saturated rings. The first-order valence-corrected chi connectivity index (χ1v) is 5.51. The highest BCUT2D eigenvalue weighted by Gasteiger charge is 2.17. The van der Waals surface area contributed by atoms with E-state index in [0.29, 0.717) is 11.8 Å². The van der Waals surface area contributed by atoms with Gasteiger partial charge in [0, 0.05) is 32.2 Å². The lowest BCUT2D eigenvalue weighted by Gasteiger charge is -2.33. The Morgan fingerprint density at radius 3 is 2.40 bits per heavy atom. The van der Waals surface area contributed by atoms with E-state index in [1.807, 2.05) is 12.1 Å². The summed E-state index contributed by atoms with van der Waals surface area (Å²) in [5.74, 6) is 0.339. The van der Waals surface area contributed by atoms with Gasteiger partial charge >= 0.3 is 0 Å². The Labute approximate surface area is 90.7 Å². The third-order valence-electron chi connectivity index (χ3n) is 3.07. The van der Waals surface area contributed by atoms with Crippen LogP contribution in [0, 0.1) is 0 Å². The summed E-state index contributed by atoms with van der Waals surface area (Å²) < 4.78 is 0. The summed E-state index contributed by atoms with van der Waals surface area (Å²) in [7, 11) is 0. The number of hydrogen-bond acceptors (Lipinski definition) is 3. The van der Waals surface area contributed by atoms with Crippen molar-refractivity contribution >= 4 is 0 Å². The Bertz CT molecular complexity index is 304. The van der Waals surface area contributed by atoms with E-state index in [9.17, 15) is 5.11 Å². The van der Waals surface area contributed by atoms with E-state index in [4.69, 9.17) is 0 Å². The first-order valence-electron chi connectivity index (χ1n) is 5.51. The molecule has 1 aromatic rings. The molecule has 3 heteroatoms. The van der Waals surface area contributed by atoms with Crippen molar-refractivity contribution in [3.63, 3.8) is 0 Å². The van der Waals surface area contributed by atoms with Crippen LogP contribution in [-0.2, 0) is 0 Å². The SMILES string of the molecule is C[C@@H](c1ccc(O)cc1)N1CCNCC1. The standard InChI is InChI=1S/C12H18N2O/c1-10(14-8-6-13-7-9-14)11-2-4-12(15)5-3-11/h2-5,10,13,15H,6-9H2,1H3/t10-/m0/s1. The highest BCUT2D eigenvalue weighted by Crippen LogP contribution is 2.22. The van der Waals surface area contributed by atoms with E-state index in [0.717, 1.165) is 26.2 Å². The molecule has 2 N–H and O–H groups in total. The zero-order valence-electron chi connectivity index (χ0n) is 9.11. The summed E-state index contributed by atoms with van der Waals surface area (Å²) in [4.78, 5) is 2.46. The molecule has 0 aliphatic carbocycles. The third kappa shape index (κ3) is 2.49. The molecule has 1 aliphatic heterocycles. The Kier molecular flexibility index (Phi) is 3.23. The van der Waals surface area contributed by atoms with Gasteiger partial charge in [0.05, 0.1) is 0 Å². The van der Waals surface area contributed by atoms with E-state index < -0.39 is 0 Å². The highest BCUT2D eigenvalue weighted by atomic mass is 16.3. The van der Waals surface area contributed by atoms with Gasteiger partial charge in [-0.05, 0) is 24.6 Å². The van der Waals surface area contributed by atoms with Gasteiger partial charge < -0.3 is 10.4 Å². The summed E-state index contributed by atoms with van der Waals surface area (Å²) in [6.07, 6.45) is 0. The Balaban J connectivity index is 2.05. The van der Waals surface area contributed by atoms with Crippen LogP contribution in [0.25, 0.3) is 0 Å². The van der Waals surface area contributed by atoms with E-state index in [1.54, 1.807) is 12.1 Å². The maximum absolute atomic E-state index is 9.23. The lowest BCUT2D eigenvalue weighted by molar-refractivity contribution is 0.185. The van der Waals surface area contributed by atoms with Gasteiger partial charge in [-0.1, -0.05) is 12.1 Å². The van der Waals surface area contributed by atoms with Gasteiger partial charge in [-0.25, -0.2) is 0 Å². The van der Waals surface area contributed by atoms with Gasteiger partial charge in [0.2, 0.25) is 0 Å². The van der Waals surface area contributed by atoms with Crippen molar-refractivity contribution in [2.75, 3.05) is 26.2 Å². The zero-order valence-corrected chi connectivity index (χ0v) is 9.11. The molecule has 0 aromatic heterocycles. The van der Waals surface area contributed by atoms with Crippen molar-refractivity contribution in [1.29, 1.82) is 0 Å². The number of rotatable bonds is 2. The van der Waals surface area contributed by atoms with Crippen molar-refractivity contribution in [3.05, 3.63) is 29.8 Å². The van der Waals surface area contributed by atoms with Crippen LogP contribution in [0.3, 0.4) is 0 Å². The molecule has 1 aromatic carbocycles. The van der Waals surface area contributed by atoms with Crippen molar-refractivity contribution in [2.24, 2.45) is 0 Å². The lowest BCUT2D eigenvalue weighted by atomic mass is 10.1. The van der Waals surface area contributed by atoms with Gasteiger partial charge in [-0.15, -0.1) is 0 Å². The maximum atomic E-state index is 9.23. The summed E-state index contributed by atoms with van der Waals surface area (Å²) in [6.45, 7) is 6.56. The van der Waals surface area contributed by atoms with Gasteiger partial charge in [-0.2, -0.15) is 0 Å². The normalized spacial score (nSPS) is 20.1. The predicted octanol–water partition coefficient (Wildman–Crippen LogP) is 1.36. The molecule has 15 heavy (non-hydrogen) atoms. The minimum absolute atomic E-state index is 0.339. The predicted molar refractivity (Wildman–Crippen MR) is 61.0 cm³/mol. The number of benzene rings is 1. The monoisotopic (exact) mass is 206 g/mol. The number of hydrogen-bond donors (Lipinski definition) is 2. The van der Waals surface area contributed by atoms with Crippen molar-refractivity contribution in [1.82, 2.24) is 10.2 Å². The summed E-state index contributed by atoms with van der Waals surface area (Å²) >= 11 is 0. The molecule has 3 nitrogen and oxygen atoms in total. The third-order valence-corrected chi connectivity index (χ3v) is 3.07. The van der Waals surface area contributed by atoms with E-state index in [2.05, 4.69) is 17.1 Å². The van der Waals surface area contributed by atoms with E-state index >= 15 is 0 Å². The highest BCUT2D eigenvalue weighted by molar-refractivity contribution is 5.27. The molecule has 0 bridgehead atoms. The molecule has 1 saturated heterocycles. The average Bonchev–Trinajstić information content (AvgIpc) is 2.30. The van der Waals surface area contributed by atoms with Gasteiger partial charge in [-0.3, -0.25) is 4.90 Å². The van der Waals surface area contributed by atoms with E-state index in [1.165, 1.54) is 5.56 Å². The van der Waals surface area contributed by atoms with Crippen molar-refractivity contribution in [2.45, 2.75) is 13.0 Å². The fourth-order valence-corrected chi connectivity index (χ4v) is 2.03. The van der Waals surface area contributed by atoms with Crippen LogP contribution in [0.5, 0.6) is 5.75 Å². The number of phenolic OH excluding ortho intramolecular Hbond substituents is 1. The van der Waals surface area contributed by atoms with Crippen LogP contribution < -0.4 is 5.32 Å². The summed E-state index contributed by atoms with van der Waals surface area (Å²) in [6, 6.07) is 7.96. The molecule has 0 amide bonds. The van der Waals surface area contributed by atoms with Crippen LogP contribution in [-0.4, -0.2) is 36.2 Å². The molecular weight excluding hydrogens is 188 g/mol. The lowest BCUT2D eigenvalue weighted by Crippen LogP contribution is -2.44. The Morgan fingerprint density at radius 1 is 1.20 bits per heavy atom. The maximum Gasteiger partial charge on any atom is 0.115 e. The molecule has 0 saturated carbocycles. The topological polar surface area (TPSA) is 35.5 Å². The minimum atomic E-state index is 0.339. The number of aromatic hydroxyl groups is 1. The molecule has 0 spiro atoms. The Morgan fingerprint density at radius 2 is 1.80 bits per heavy atom. The first kappa shape index (κ1) is 10.5. The average molecular weight is 206 g/mol.